The first kappa shape index (κ1) is 22.8. The summed E-state index contributed by atoms with van der Waals surface area (Å²) >= 11 is 0. The second-order valence-corrected chi connectivity index (χ2v) is 7.62. The van der Waals surface area contributed by atoms with E-state index in [2.05, 4.69) is 4.98 Å². The molecule has 1 aliphatic rings. The number of carbonyl (C=O) groups excluding carboxylic acids is 2. The van der Waals surface area contributed by atoms with Gasteiger partial charge in [0.05, 0.1) is 32.9 Å². The van der Waals surface area contributed by atoms with Crippen molar-refractivity contribution < 1.29 is 28.9 Å². The summed E-state index contributed by atoms with van der Waals surface area (Å²) < 4.78 is 16.1. The maximum absolute atomic E-state index is 13.3. The molecule has 174 valence electrons. The number of Topliss-reactive ketones (excluding diaryl/α,β-unsaturated/α-hetero) is 1. The number of hydrogen-bond acceptors (Lipinski definition) is 7. The summed E-state index contributed by atoms with van der Waals surface area (Å²) in [5.74, 6) is -0.234. The van der Waals surface area contributed by atoms with E-state index in [0.717, 1.165) is 5.56 Å². The van der Waals surface area contributed by atoms with Gasteiger partial charge in [0.25, 0.3) is 11.7 Å². The van der Waals surface area contributed by atoms with Crippen molar-refractivity contribution in [3.63, 3.8) is 0 Å². The van der Waals surface area contributed by atoms with E-state index in [1.807, 2.05) is 6.07 Å². The fraction of sp³-hybridized carbons (Fsp3) is 0.192. The fourth-order valence-corrected chi connectivity index (χ4v) is 4.01. The third kappa shape index (κ3) is 4.17. The standard InChI is InChI=1S/C26H24N2O6/c1-32-18-8-6-17(7-9-18)24(29)22-23(20-13-19(33-2)10-11-21(20)34-3)28(26(31)25(22)30)15-16-5-4-12-27-14-16/h4-14,23,29H,15H2,1-3H3/b24-22-. The third-order valence-electron chi connectivity index (χ3n) is 5.71. The number of amides is 1. The van der Waals surface area contributed by atoms with E-state index < -0.39 is 17.7 Å². The zero-order valence-electron chi connectivity index (χ0n) is 19.0. The van der Waals surface area contributed by atoms with Gasteiger partial charge in [0.2, 0.25) is 0 Å². The molecule has 0 bridgehead atoms. The van der Waals surface area contributed by atoms with E-state index in [0.29, 0.717) is 28.4 Å². The molecule has 0 spiro atoms. The van der Waals surface area contributed by atoms with Crippen LogP contribution < -0.4 is 14.2 Å². The summed E-state index contributed by atoms with van der Waals surface area (Å²) in [5.41, 5.74) is 1.60. The largest absolute Gasteiger partial charge is 0.507 e. The van der Waals surface area contributed by atoms with Gasteiger partial charge in [-0.2, -0.15) is 0 Å². The number of ether oxygens (including phenoxy) is 3. The van der Waals surface area contributed by atoms with Gasteiger partial charge >= 0.3 is 0 Å². The number of likely N-dealkylation sites (tertiary alicyclic amines) is 1. The van der Waals surface area contributed by atoms with Crippen LogP contribution in [0.4, 0.5) is 0 Å². The van der Waals surface area contributed by atoms with Crippen molar-refractivity contribution in [2.24, 2.45) is 0 Å². The van der Waals surface area contributed by atoms with E-state index in [-0.39, 0.29) is 17.9 Å². The molecule has 2 heterocycles. The highest BCUT2D eigenvalue weighted by molar-refractivity contribution is 6.46. The number of hydrogen-bond donors (Lipinski definition) is 1. The molecule has 4 rings (SSSR count). The molecule has 8 heteroatoms. The van der Waals surface area contributed by atoms with Crippen molar-refractivity contribution in [2.45, 2.75) is 12.6 Å². The van der Waals surface area contributed by atoms with Crippen LogP contribution in [-0.4, -0.2) is 48.0 Å². The average molecular weight is 460 g/mol. The highest BCUT2D eigenvalue weighted by Gasteiger charge is 2.47. The molecule has 1 aromatic heterocycles. The minimum atomic E-state index is -0.910. The molecule has 1 fully saturated rings. The number of aliphatic hydroxyl groups excluding tert-OH is 1. The van der Waals surface area contributed by atoms with Crippen molar-refractivity contribution in [2.75, 3.05) is 21.3 Å². The minimum Gasteiger partial charge on any atom is -0.507 e. The molecule has 0 aliphatic carbocycles. The van der Waals surface area contributed by atoms with Crippen LogP contribution in [0.3, 0.4) is 0 Å². The number of aromatic nitrogens is 1. The molecular weight excluding hydrogens is 436 g/mol. The molecule has 1 N–H and O–H groups in total. The summed E-state index contributed by atoms with van der Waals surface area (Å²) in [6, 6.07) is 14.4. The van der Waals surface area contributed by atoms with Crippen LogP contribution in [0.15, 0.2) is 72.6 Å². The van der Waals surface area contributed by atoms with E-state index in [1.54, 1.807) is 60.9 Å². The smallest absolute Gasteiger partial charge is 0.295 e. The monoisotopic (exact) mass is 460 g/mol. The average Bonchev–Trinajstić information content (AvgIpc) is 3.13. The van der Waals surface area contributed by atoms with Crippen molar-refractivity contribution in [1.29, 1.82) is 0 Å². The number of benzene rings is 2. The number of rotatable bonds is 7. The number of methoxy groups -OCH3 is 3. The Morgan fingerprint density at radius 1 is 0.971 bits per heavy atom. The van der Waals surface area contributed by atoms with E-state index in [4.69, 9.17) is 14.2 Å². The molecule has 8 nitrogen and oxygen atoms in total. The third-order valence-corrected chi connectivity index (χ3v) is 5.71. The number of aliphatic hydroxyl groups is 1. The maximum Gasteiger partial charge on any atom is 0.295 e. The Balaban J connectivity index is 1.92. The highest BCUT2D eigenvalue weighted by Crippen LogP contribution is 2.44. The zero-order chi connectivity index (χ0) is 24.2. The molecule has 1 amide bonds. The SMILES string of the molecule is COc1ccc(/C(O)=C2/C(=O)C(=O)N(Cc3cccnc3)C2c2cc(OC)ccc2OC)cc1. The van der Waals surface area contributed by atoms with Gasteiger partial charge in [-0.25, -0.2) is 0 Å². The summed E-state index contributed by atoms with van der Waals surface area (Å²) in [5, 5.41) is 11.2. The number of pyridine rings is 1. The van der Waals surface area contributed by atoms with E-state index >= 15 is 0 Å². The number of ketones is 1. The van der Waals surface area contributed by atoms with Crippen LogP contribution in [-0.2, 0) is 16.1 Å². The molecule has 1 aliphatic heterocycles. The Hall–Kier alpha value is -4.33. The number of nitrogens with zero attached hydrogens (tertiary/aromatic N) is 2. The lowest BCUT2D eigenvalue weighted by atomic mass is 9.94. The molecule has 1 unspecified atom stereocenters. The minimum absolute atomic E-state index is 0.0365. The first-order valence-corrected chi connectivity index (χ1v) is 10.5. The van der Waals surface area contributed by atoms with Gasteiger partial charge in [0, 0.05) is 30.1 Å². The van der Waals surface area contributed by atoms with Crippen LogP contribution >= 0.6 is 0 Å². The maximum atomic E-state index is 13.3. The second-order valence-electron chi connectivity index (χ2n) is 7.62. The summed E-state index contributed by atoms with van der Waals surface area (Å²) in [4.78, 5) is 32.0. The summed E-state index contributed by atoms with van der Waals surface area (Å²) in [7, 11) is 4.56. The number of carbonyl (C=O) groups is 2. The van der Waals surface area contributed by atoms with E-state index in [1.165, 1.54) is 26.2 Å². The first-order valence-electron chi connectivity index (χ1n) is 10.5. The molecule has 2 aromatic carbocycles. The van der Waals surface area contributed by atoms with Crippen molar-refractivity contribution in [3.05, 3.63) is 89.3 Å². The van der Waals surface area contributed by atoms with Gasteiger partial charge in [0.15, 0.2) is 0 Å². The van der Waals surface area contributed by atoms with Crippen molar-refractivity contribution in [1.82, 2.24) is 9.88 Å². The van der Waals surface area contributed by atoms with Gasteiger partial charge < -0.3 is 24.2 Å². The van der Waals surface area contributed by atoms with Crippen LogP contribution in [0.1, 0.15) is 22.7 Å². The van der Waals surface area contributed by atoms with Crippen LogP contribution in [0.2, 0.25) is 0 Å². The lowest BCUT2D eigenvalue weighted by Crippen LogP contribution is -2.29. The molecule has 0 radical (unpaired) electrons. The topological polar surface area (TPSA) is 98.2 Å². The molecule has 1 saturated heterocycles. The highest BCUT2D eigenvalue weighted by atomic mass is 16.5. The lowest BCUT2D eigenvalue weighted by Gasteiger charge is -2.27. The van der Waals surface area contributed by atoms with E-state index in [9.17, 15) is 14.7 Å². The van der Waals surface area contributed by atoms with Gasteiger partial charge in [0.1, 0.15) is 23.0 Å². The normalized spacial score (nSPS) is 17.0. The van der Waals surface area contributed by atoms with Crippen LogP contribution in [0.25, 0.3) is 5.76 Å². The lowest BCUT2D eigenvalue weighted by molar-refractivity contribution is -0.140. The predicted molar refractivity (Wildman–Crippen MR) is 125 cm³/mol. The van der Waals surface area contributed by atoms with Crippen molar-refractivity contribution >= 4 is 17.4 Å². The van der Waals surface area contributed by atoms with Gasteiger partial charge in [-0.05, 0) is 54.1 Å². The first-order chi connectivity index (χ1) is 16.5. The van der Waals surface area contributed by atoms with Gasteiger partial charge in [-0.15, -0.1) is 0 Å². The Morgan fingerprint density at radius 3 is 2.29 bits per heavy atom. The molecule has 3 aromatic rings. The summed E-state index contributed by atoms with van der Waals surface area (Å²) in [6.07, 6.45) is 3.26. The molecule has 1 atom stereocenters. The Bertz CT molecular complexity index is 1240. The molecule has 0 saturated carbocycles. The Kier molecular flexibility index (Phi) is 6.49. The van der Waals surface area contributed by atoms with Gasteiger partial charge in [-0.1, -0.05) is 6.07 Å². The van der Waals surface area contributed by atoms with Crippen molar-refractivity contribution in [3.8, 4) is 17.2 Å². The van der Waals surface area contributed by atoms with Crippen LogP contribution in [0.5, 0.6) is 17.2 Å². The quantitative estimate of drug-likeness (QED) is 0.326. The predicted octanol–water partition coefficient (Wildman–Crippen LogP) is 3.73. The summed E-state index contributed by atoms with van der Waals surface area (Å²) in [6.45, 7) is 0.114. The fourth-order valence-electron chi connectivity index (χ4n) is 4.01. The zero-order valence-corrected chi connectivity index (χ0v) is 19.0. The van der Waals surface area contributed by atoms with Gasteiger partial charge in [-0.3, -0.25) is 14.6 Å². The Labute approximate surface area is 197 Å². The second kappa shape index (κ2) is 9.66. The Morgan fingerprint density at radius 2 is 1.68 bits per heavy atom. The molecule has 34 heavy (non-hydrogen) atoms. The van der Waals surface area contributed by atoms with Crippen LogP contribution in [0, 0.1) is 0 Å². The molecular formula is C26H24N2O6.